The number of hydrogen-bond donors (Lipinski definition) is 1. The summed E-state index contributed by atoms with van der Waals surface area (Å²) in [5, 5.41) is 3.41. The van der Waals surface area contributed by atoms with Crippen molar-refractivity contribution in [2.24, 2.45) is 5.92 Å². The Balaban J connectivity index is 2.16. The van der Waals surface area contributed by atoms with E-state index in [0.717, 1.165) is 17.4 Å². The van der Waals surface area contributed by atoms with Crippen molar-refractivity contribution < 1.29 is 9.47 Å². The van der Waals surface area contributed by atoms with Crippen LogP contribution in [-0.4, -0.2) is 20.3 Å². The Labute approximate surface area is 116 Å². The Bertz CT molecular complexity index is 402. The molecule has 19 heavy (non-hydrogen) atoms. The van der Waals surface area contributed by atoms with E-state index in [4.69, 9.17) is 9.47 Å². The van der Waals surface area contributed by atoms with E-state index >= 15 is 0 Å². The molecule has 0 radical (unpaired) electrons. The van der Waals surface area contributed by atoms with E-state index in [-0.39, 0.29) is 0 Å². The molecule has 0 aliphatic heterocycles. The summed E-state index contributed by atoms with van der Waals surface area (Å²) in [6, 6.07) is 6.72. The lowest BCUT2D eigenvalue weighted by Crippen LogP contribution is -2.17. The molecule has 1 N–H and O–H groups in total. The van der Waals surface area contributed by atoms with Crippen LogP contribution in [0.5, 0.6) is 11.5 Å². The molecule has 1 aromatic carbocycles. The highest BCUT2D eigenvalue weighted by Crippen LogP contribution is 2.39. The summed E-state index contributed by atoms with van der Waals surface area (Å²) in [5.41, 5.74) is 1.29. The summed E-state index contributed by atoms with van der Waals surface area (Å²) in [6.45, 7) is 5.32. The number of ether oxygens (including phenoxy) is 2. The average Bonchev–Trinajstić information content (AvgIpc) is 3.23. The molecule has 0 bridgehead atoms. The summed E-state index contributed by atoms with van der Waals surface area (Å²) in [6.07, 6.45) is 3.98. The fourth-order valence-electron chi connectivity index (χ4n) is 2.39. The molecule has 0 saturated heterocycles. The molecule has 1 atom stereocenters. The minimum absolute atomic E-state index is 0.419. The standard InChI is InChI=1S/C16H25NO2/c1-4-18-15-9-8-13(11-16(15)19-5-2)14(17-3)10-12-6-7-12/h8-9,11-12,14,17H,4-7,10H2,1-3H3. The zero-order valence-electron chi connectivity index (χ0n) is 12.2. The Morgan fingerprint density at radius 3 is 2.42 bits per heavy atom. The SMILES string of the molecule is CCOc1ccc(C(CC2CC2)NC)cc1OCC. The fraction of sp³-hybridized carbons (Fsp3) is 0.625. The lowest BCUT2D eigenvalue weighted by Gasteiger charge is -2.19. The van der Waals surface area contributed by atoms with Gasteiger partial charge in [0.1, 0.15) is 0 Å². The van der Waals surface area contributed by atoms with Crippen LogP contribution in [0, 0.1) is 5.92 Å². The molecular formula is C16H25NO2. The first-order valence-electron chi connectivity index (χ1n) is 7.35. The van der Waals surface area contributed by atoms with Gasteiger partial charge in [0.2, 0.25) is 0 Å². The molecule has 3 heteroatoms. The van der Waals surface area contributed by atoms with Crippen LogP contribution in [0.25, 0.3) is 0 Å². The summed E-state index contributed by atoms with van der Waals surface area (Å²) in [4.78, 5) is 0. The molecule has 0 amide bonds. The Morgan fingerprint density at radius 2 is 1.84 bits per heavy atom. The largest absolute Gasteiger partial charge is 0.490 e. The maximum Gasteiger partial charge on any atom is 0.161 e. The number of benzene rings is 1. The number of hydrogen-bond acceptors (Lipinski definition) is 3. The first kappa shape index (κ1) is 14.2. The van der Waals surface area contributed by atoms with Gasteiger partial charge in [-0.25, -0.2) is 0 Å². The highest BCUT2D eigenvalue weighted by molar-refractivity contribution is 5.44. The quantitative estimate of drug-likeness (QED) is 0.778. The lowest BCUT2D eigenvalue weighted by molar-refractivity contribution is 0.287. The number of rotatable bonds is 8. The van der Waals surface area contributed by atoms with Crippen LogP contribution in [0.3, 0.4) is 0 Å². The van der Waals surface area contributed by atoms with Gasteiger partial charge in [-0.1, -0.05) is 18.9 Å². The maximum atomic E-state index is 5.69. The van der Waals surface area contributed by atoms with E-state index in [2.05, 4.69) is 17.4 Å². The van der Waals surface area contributed by atoms with Crippen molar-refractivity contribution in [3.63, 3.8) is 0 Å². The van der Waals surface area contributed by atoms with Crippen molar-refractivity contribution >= 4 is 0 Å². The summed E-state index contributed by atoms with van der Waals surface area (Å²) < 4.78 is 11.3. The summed E-state index contributed by atoms with van der Waals surface area (Å²) >= 11 is 0. The van der Waals surface area contributed by atoms with Crippen LogP contribution in [0.1, 0.15) is 44.7 Å². The third kappa shape index (κ3) is 3.87. The zero-order valence-corrected chi connectivity index (χ0v) is 12.2. The Kier molecular flexibility index (Phi) is 5.08. The molecule has 1 fully saturated rings. The highest BCUT2D eigenvalue weighted by Gasteiger charge is 2.26. The Hall–Kier alpha value is -1.22. The van der Waals surface area contributed by atoms with Crippen LogP contribution >= 0.6 is 0 Å². The van der Waals surface area contributed by atoms with Gasteiger partial charge in [0.25, 0.3) is 0 Å². The van der Waals surface area contributed by atoms with Gasteiger partial charge in [0, 0.05) is 6.04 Å². The predicted molar refractivity (Wildman–Crippen MR) is 77.9 cm³/mol. The van der Waals surface area contributed by atoms with Gasteiger partial charge in [-0.3, -0.25) is 0 Å². The molecule has 1 aliphatic rings. The molecule has 0 aromatic heterocycles. The zero-order chi connectivity index (χ0) is 13.7. The van der Waals surface area contributed by atoms with Crippen molar-refractivity contribution in [3.05, 3.63) is 23.8 Å². The van der Waals surface area contributed by atoms with Crippen molar-refractivity contribution in [1.29, 1.82) is 0 Å². The molecule has 3 nitrogen and oxygen atoms in total. The van der Waals surface area contributed by atoms with Gasteiger partial charge in [0.15, 0.2) is 11.5 Å². The molecule has 0 spiro atoms. The second kappa shape index (κ2) is 6.80. The van der Waals surface area contributed by atoms with Crippen LogP contribution in [-0.2, 0) is 0 Å². The van der Waals surface area contributed by atoms with Gasteiger partial charge in [-0.2, -0.15) is 0 Å². The first-order chi connectivity index (χ1) is 9.28. The summed E-state index contributed by atoms with van der Waals surface area (Å²) in [5.74, 6) is 2.60. The van der Waals surface area contributed by atoms with E-state index in [0.29, 0.717) is 19.3 Å². The molecule has 0 heterocycles. The van der Waals surface area contributed by atoms with Gasteiger partial charge >= 0.3 is 0 Å². The molecule has 1 aliphatic carbocycles. The highest BCUT2D eigenvalue weighted by atomic mass is 16.5. The normalized spacial score (nSPS) is 16.2. The van der Waals surface area contributed by atoms with Gasteiger partial charge < -0.3 is 14.8 Å². The van der Waals surface area contributed by atoms with E-state index < -0.39 is 0 Å². The molecule has 2 rings (SSSR count). The summed E-state index contributed by atoms with van der Waals surface area (Å²) in [7, 11) is 2.03. The van der Waals surface area contributed by atoms with Gasteiger partial charge in [-0.15, -0.1) is 0 Å². The molecular weight excluding hydrogens is 238 g/mol. The molecule has 1 unspecified atom stereocenters. The van der Waals surface area contributed by atoms with Crippen molar-refractivity contribution in [2.45, 2.75) is 39.2 Å². The molecule has 1 aromatic rings. The average molecular weight is 263 g/mol. The van der Waals surface area contributed by atoms with Gasteiger partial charge in [0.05, 0.1) is 13.2 Å². The van der Waals surface area contributed by atoms with Crippen LogP contribution in [0.4, 0.5) is 0 Å². The van der Waals surface area contributed by atoms with Crippen molar-refractivity contribution in [3.8, 4) is 11.5 Å². The second-order valence-corrected chi connectivity index (χ2v) is 5.09. The molecule has 1 saturated carbocycles. The third-order valence-electron chi connectivity index (χ3n) is 3.58. The Morgan fingerprint density at radius 1 is 1.16 bits per heavy atom. The minimum atomic E-state index is 0.419. The monoisotopic (exact) mass is 263 g/mol. The van der Waals surface area contributed by atoms with Crippen molar-refractivity contribution in [1.82, 2.24) is 5.32 Å². The van der Waals surface area contributed by atoms with E-state index in [1.54, 1.807) is 0 Å². The third-order valence-corrected chi connectivity index (χ3v) is 3.58. The maximum absolute atomic E-state index is 5.69. The van der Waals surface area contributed by atoms with E-state index in [1.165, 1.54) is 24.8 Å². The van der Waals surface area contributed by atoms with Crippen LogP contribution in [0.15, 0.2) is 18.2 Å². The molecule has 106 valence electrons. The fourth-order valence-corrected chi connectivity index (χ4v) is 2.39. The smallest absolute Gasteiger partial charge is 0.161 e. The van der Waals surface area contributed by atoms with E-state index in [9.17, 15) is 0 Å². The first-order valence-corrected chi connectivity index (χ1v) is 7.35. The predicted octanol–water partition coefficient (Wildman–Crippen LogP) is 3.54. The second-order valence-electron chi connectivity index (χ2n) is 5.09. The lowest BCUT2D eigenvalue weighted by atomic mass is 10.0. The van der Waals surface area contributed by atoms with Gasteiger partial charge in [-0.05, 0) is 50.9 Å². The topological polar surface area (TPSA) is 30.5 Å². The van der Waals surface area contributed by atoms with Crippen LogP contribution in [0.2, 0.25) is 0 Å². The van der Waals surface area contributed by atoms with Crippen LogP contribution < -0.4 is 14.8 Å². The minimum Gasteiger partial charge on any atom is -0.490 e. The van der Waals surface area contributed by atoms with E-state index in [1.807, 2.05) is 27.0 Å². The number of nitrogens with one attached hydrogen (secondary N) is 1. The van der Waals surface area contributed by atoms with Crippen molar-refractivity contribution in [2.75, 3.05) is 20.3 Å².